The number of Topliss-reactive ketones (excluding diaryl/α,β-unsaturated/α-hetero) is 1. The van der Waals surface area contributed by atoms with Crippen LogP contribution in [0.3, 0.4) is 0 Å². The van der Waals surface area contributed by atoms with Gasteiger partial charge in [0.2, 0.25) is 5.91 Å². The minimum Gasteiger partial charge on any atom is -0.495 e. The number of hydrogen-bond acceptors (Lipinski definition) is 6. The van der Waals surface area contributed by atoms with E-state index in [9.17, 15) is 14.2 Å². The number of carbonyl (C=O) groups excluding carboxylic acids is 2. The smallest absolute Gasteiger partial charge is 0.340 e. The molecule has 1 aliphatic rings. The highest BCUT2D eigenvalue weighted by Gasteiger charge is 2.31. The van der Waals surface area contributed by atoms with Gasteiger partial charge in [-0.3, -0.25) is 14.2 Å². The number of rotatable bonds is 8. The number of anilines is 1. The number of methoxy groups -OCH3 is 1. The number of hydrogen-bond donors (Lipinski definition) is 1. The van der Waals surface area contributed by atoms with Crippen molar-refractivity contribution in [3.8, 4) is 5.75 Å². The van der Waals surface area contributed by atoms with Crippen LogP contribution in [0.2, 0.25) is 0 Å². The van der Waals surface area contributed by atoms with Gasteiger partial charge >= 0.3 is 7.60 Å². The van der Waals surface area contributed by atoms with Crippen LogP contribution in [0.1, 0.15) is 36.2 Å². The Labute approximate surface area is 141 Å². The zero-order chi connectivity index (χ0) is 17.7. The third kappa shape index (κ3) is 4.04. The fourth-order valence-electron chi connectivity index (χ4n) is 2.70. The lowest BCUT2D eigenvalue weighted by Gasteiger charge is -2.18. The SMILES string of the molecule is CCOP(=O)(CC(=O)Nc1c(OC)ccc2c1C(=O)CC2)OCC. The summed E-state index contributed by atoms with van der Waals surface area (Å²) >= 11 is 0. The first-order chi connectivity index (χ1) is 11.4. The second kappa shape index (κ2) is 7.92. The summed E-state index contributed by atoms with van der Waals surface area (Å²) < 4.78 is 28.0. The van der Waals surface area contributed by atoms with Crippen LogP contribution in [-0.2, 0) is 24.8 Å². The number of fused-ring (bicyclic) bond motifs is 1. The molecule has 1 aromatic carbocycles. The Bertz CT molecular complexity index is 677. The van der Waals surface area contributed by atoms with Gasteiger partial charge in [-0.15, -0.1) is 0 Å². The maximum absolute atomic E-state index is 12.5. The van der Waals surface area contributed by atoms with E-state index in [1.807, 2.05) is 6.07 Å². The first-order valence-corrected chi connectivity index (χ1v) is 9.58. The molecule has 1 amide bonds. The molecule has 0 atom stereocenters. The summed E-state index contributed by atoms with van der Waals surface area (Å²) in [6.45, 7) is 3.70. The average molecular weight is 355 g/mol. The lowest BCUT2D eigenvalue weighted by molar-refractivity contribution is -0.114. The number of nitrogens with one attached hydrogen (secondary N) is 1. The molecule has 8 heteroatoms. The molecule has 0 saturated heterocycles. The summed E-state index contributed by atoms with van der Waals surface area (Å²) in [5, 5.41) is 2.65. The lowest BCUT2D eigenvalue weighted by atomic mass is 10.1. The third-order valence-electron chi connectivity index (χ3n) is 3.63. The molecule has 2 rings (SSSR count). The molecule has 0 aromatic heterocycles. The van der Waals surface area contributed by atoms with E-state index in [1.54, 1.807) is 19.9 Å². The summed E-state index contributed by atoms with van der Waals surface area (Å²) in [5.41, 5.74) is 1.65. The molecule has 7 nitrogen and oxygen atoms in total. The van der Waals surface area contributed by atoms with Gasteiger partial charge in [0.1, 0.15) is 11.9 Å². The normalized spacial score (nSPS) is 13.7. The van der Waals surface area contributed by atoms with Crippen LogP contribution >= 0.6 is 7.60 Å². The van der Waals surface area contributed by atoms with E-state index in [0.717, 1.165) is 5.56 Å². The van der Waals surface area contributed by atoms with Crippen LogP contribution in [0, 0.1) is 0 Å². The van der Waals surface area contributed by atoms with Crippen molar-refractivity contribution in [2.75, 3.05) is 31.8 Å². The molecule has 0 fully saturated rings. The summed E-state index contributed by atoms with van der Waals surface area (Å²) in [4.78, 5) is 24.5. The lowest BCUT2D eigenvalue weighted by Crippen LogP contribution is -2.20. The fraction of sp³-hybridized carbons (Fsp3) is 0.500. The molecule has 24 heavy (non-hydrogen) atoms. The van der Waals surface area contributed by atoms with Crippen molar-refractivity contribution >= 4 is 25.0 Å². The number of ketones is 1. The van der Waals surface area contributed by atoms with E-state index in [4.69, 9.17) is 13.8 Å². The molecule has 132 valence electrons. The van der Waals surface area contributed by atoms with Crippen molar-refractivity contribution in [3.63, 3.8) is 0 Å². The van der Waals surface area contributed by atoms with Crippen LogP contribution in [0.4, 0.5) is 5.69 Å². The number of carbonyl (C=O) groups is 2. The molecule has 0 saturated carbocycles. The molecule has 0 unspecified atom stereocenters. The molecule has 0 bridgehead atoms. The molecule has 1 N–H and O–H groups in total. The maximum Gasteiger partial charge on any atom is 0.340 e. The van der Waals surface area contributed by atoms with E-state index < -0.39 is 19.7 Å². The number of benzene rings is 1. The average Bonchev–Trinajstić information content (AvgIpc) is 2.89. The van der Waals surface area contributed by atoms with Crippen LogP contribution in [0.15, 0.2) is 12.1 Å². The largest absolute Gasteiger partial charge is 0.495 e. The van der Waals surface area contributed by atoms with E-state index in [2.05, 4.69) is 5.32 Å². The highest BCUT2D eigenvalue weighted by molar-refractivity contribution is 7.54. The van der Waals surface area contributed by atoms with Gasteiger partial charge in [-0.05, 0) is 31.9 Å². The van der Waals surface area contributed by atoms with Crippen LogP contribution < -0.4 is 10.1 Å². The van der Waals surface area contributed by atoms with Crippen LogP contribution in [0.25, 0.3) is 0 Å². The predicted octanol–water partition coefficient (Wildman–Crippen LogP) is 3.03. The quantitative estimate of drug-likeness (QED) is 0.721. The fourth-order valence-corrected chi connectivity index (χ4v) is 4.17. The molecular formula is C16H22NO6P. The summed E-state index contributed by atoms with van der Waals surface area (Å²) in [6.07, 6.45) is 0.620. The summed E-state index contributed by atoms with van der Waals surface area (Å²) in [5.74, 6) is -0.205. The first-order valence-electron chi connectivity index (χ1n) is 7.85. The molecule has 0 spiro atoms. The zero-order valence-corrected chi connectivity index (χ0v) is 15.0. The third-order valence-corrected chi connectivity index (χ3v) is 5.60. The van der Waals surface area contributed by atoms with Gasteiger partial charge in [-0.1, -0.05) is 6.07 Å². The highest BCUT2D eigenvalue weighted by atomic mass is 31.2. The van der Waals surface area contributed by atoms with Crippen molar-refractivity contribution in [2.45, 2.75) is 26.7 Å². The van der Waals surface area contributed by atoms with Crippen molar-refractivity contribution in [1.82, 2.24) is 0 Å². The molecule has 1 aliphatic carbocycles. The Morgan fingerprint density at radius 2 is 1.88 bits per heavy atom. The van der Waals surface area contributed by atoms with Gasteiger partial charge in [0.15, 0.2) is 5.78 Å². The number of ether oxygens (including phenoxy) is 1. The second-order valence-corrected chi connectivity index (χ2v) is 7.31. The van der Waals surface area contributed by atoms with Crippen molar-refractivity contribution in [3.05, 3.63) is 23.3 Å². The van der Waals surface area contributed by atoms with Gasteiger partial charge in [0.25, 0.3) is 0 Å². The van der Waals surface area contributed by atoms with Crippen molar-refractivity contribution in [2.24, 2.45) is 0 Å². The van der Waals surface area contributed by atoms with Gasteiger partial charge in [-0.25, -0.2) is 0 Å². The Morgan fingerprint density at radius 1 is 1.21 bits per heavy atom. The van der Waals surface area contributed by atoms with E-state index in [-0.39, 0.29) is 19.0 Å². The Hall–Kier alpha value is -1.69. The summed E-state index contributed by atoms with van der Waals surface area (Å²) in [7, 11) is -2.05. The molecular weight excluding hydrogens is 333 g/mol. The molecule has 0 aliphatic heterocycles. The first kappa shape index (κ1) is 18.6. The second-order valence-electron chi connectivity index (χ2n) is 5.25. The standard InChI is InChI=1S/C16H22NO6P/c1-4-22-24(20,23-5-2)10-14(19)17-16-13(21-3)9-7-11-6-8-12(18)15(11)16/h7,9H,4-6,8,10H2,1-3H3,(H,17,19). The van der Waals surface area contributed by atoms with E-state index in [0.29, 0.717) is 29.8 Å². The molecule has 0 radical (unpaired) electrons. The van der Waals surface area contributed by atoms with Crippen LogP contribution in [0.5, 0.6) is 5.75 Å². The van der Waals surface area contributed by atoms with Gasteiger partial charge < -0.3 is 19.1 Å². The van der Waals surface area contributed by atoms with E-state index in [1.165, 1.54) is 7.11 Å². The van der Waals surface area contributed by atoms with Gasteiger partial charge in [-0.2, -0.15) is 0 Å². The minimum absolute atomic E-state index is 0.0444. The Morgan fingerprint density at radius 3 is 2.46 bits per heavy atom. The topological polar surface area (TPSA) is 90.9 Å². The Kier molecular flexibility index (Phi) is 6.15. The highest BCUT2D eigenvalue weighted by Crippen LogP contribution is 2.48. The monoisotopic (exact) mass is 355 g/mol. The van der Waals surface area contributed by atoms with Crippen LogP contribution in [-0.4, -0.2) is 38.2 Å². The minimum atomic E-state index is -3.51. The van der Waals surface area contributed by atoms with Crippen molar-refractivity contribution < 1.29 is 27.9 Å². The maximum atomic E-state index is 12.5. The molecule has 0 heterocycles. The molecule has 1 aromatic rings. The number of amides is 1. The number of aryl methyl sites for hydroxylation is 1. The Balaban J connectivity index is 2.24. The predicted molar refractivity (Wildman–Crippen MR) is 90.0 cm³/mol. The van der Waals surface area contributed by atoms with Gasteiger partial charge in [0.05, 0.1) is 26.0 Å². The van der Waals surface area contributed by atoms with Crippen molar-refractivity contribution in [1.29, 1.82) is 0 Å². The summed E-state index contributed by atoms with van der Waals surface area (Å²) in [6, 6.07) is 3.53. The zero-order valence-electron chi connectivity index (χ0n) is 14.1. The van der Waals surface area contributed by atoms with Gasteiger partial charge in [0, 0.05) is 12.0 Å². The van der Waals surface area contributed by atoms with E-state index >= 15 is 0 Å².